The molecular formula is C24H30BrN3O5. The van der Waals surface area contributed by atoms with Gasteiger partial charge in [0, 0.05) is 17.7 Å². The number of rotatable bonds is 14. The van der Waals surface area contributed by atoms with E-state index in [4.69, 9.17) is 9.47 Å². The number of carbonyl (C=O) groups excluding carboxylic acids is 1. The molecule has 33 heavy (non-hydrogen) atoms. The Kier molecular flexibility index (Phi) is 11.4. The maximum absolute atomic E-state index is 12.2. The van der Waals surface area contributed by atoms with Crippen LogP contribution in [0.5, 0.6) is 11.5 Å². The van der Waals surface area contributed by atoms with Crippen molar-refractivity contribution in [2.45, 2.75) is 52.4 Å². The van der Waals surface area contributed by atoms with Crippen LogP contribution in [0.25, 0.3) is 0 Å². The van der Waals surface area contributed by atoms with Gasteiger partial charge in [-0.25, -0.2) is 5.43 Å². The Hall–Kier alpha value is -2.94. The third-order valence-electron chi connectivity index (χ3n) is 4.77. The minimum Gasteiger partial charge on any atom is -0.490 e. The lowest BCUT2D eigenvalue weighted by Gasteiger charge is -2.14. The SMILES string of the molecule is CCCCCCCCOc1c(Br)cc(/C=N/NC(=O)c2cccc([N+](=O)[O-])c2)cc1OCC. The maximum atomic E-state index is 12.2. The zero-order valence-electron chi connectivity index (χ0n) is 19.0. The number of nitro benzene ring substituents is 1. The highest BCUT2D eigenvalue weighted by Crippen LogP contribution is 2.36. The molecule has 0 aliphatic carbocycles. The Balaban J connectivity index is 1.99. The fraction of sp³-hybridized carbons (Fsp3) is 0.417. The third kappa shape index (κ3) is 8.84. The molecule has 0 bridgehead atoms. The van der Waals surface area contributed by atoms with E-state index < -0.39 is 10.8 Å². The van der Waals surface area contributed by atoms with E-state index in [1.165, 1.54) is 56.2 Å². The standard InChI is InChI=1S/C24H30BrN3O5/c1-3-5-6-7-8-9-13-33-23-21(25)14-18(15-22(23)32-4-2)17-26-27-24(29)19-11-10-12-20(16-19)28(30)31/h10-12,14-17H,3-9,13H2,1-2H3,(H,27,29)/b26-17+. The van der Waals surface area contributed by atoms with Gasteiger partial charge in [0.25, 0.3) is 11.6 Å². The minimum atomic E-state index is -0.553. The summed E-state index contributed by atoms with van der Waals surface area (Å²) in [5.41, 5.74) is 3.06. The monoisotopic (exact) mass is 519 g/mol. The number of benzene rings is 2. The first kappa shape index (κ1) is 26.3. The van der Waals surface area contributed by atoms with Gasteiger partial charge in [-0.1, -0.05) is 45.1 Å². The van der Waals surface area contributed by atoms with Crippen LogP contribution in [0, 0.1) is 10.1 Å². The molecule has 0 fully saturated rings. The first-order valence-electron chi connectivity index (χ1n) is 11.1. The predicted molar refractivity (Wildman–Crippen MR) is 132 cm³/mol. The second-order valence-electron chi connectivity index (χ2n) is 7.39. The minimum absolute atomic E-state index is 0.149. The third-order valence-corrected chi connectivity index (χ3v) is 5.36. The fourth-order valence-corrected chi connectivity index (χ4v) is 3.69. The van der Waals surface area contributed by atoms with Crippen LogP contribution < -0.4 is 14.9 Å². The average Bonchev–Trinajstić information content (AvgIpc) is 2.80. The molecule has 2 rings (SSSR count). The van der Waals surface area contributed by atoms with Gasteiger partial charge in [0.2, 0.25) is 0 Å². The Bertz CT molecular complexity index is 965. The van der Waals surface area contributed by atoms with Crippen LogP contribution >= 0.6 is 15.9 Å². The Labute approximate surface area is 202 Å². The molecule has 0 unspecified atom stereocenters. The molecule has 0 aliphatic heterocycles. The summed E-state index contributed by atoms with van der Waals surface area (Å²) in [6.45, 7) is 5.18. The van der Waals surface area contributed by atoms with Crippen molar-refractivity contribution in [3.63, 3.8) is 0 Å². The zero-order chi connectivity index (χ0) is 24.1. The molecule has 0 aromatic heterocycles. The van der Waals surface area contributed by atoms with Crippen molar-refractivity contribution in [3.05, 3.63) is 62.1 Å². The second kappa shape index (κ2) is 14.3. The van der Waals surface area contributed by atoms with Crippen LogP contribution in [-0.2, 0) is 0 Å². The summed E-state index contributed by atoms with van der Waals surface area (Å²) in [6, 6.07) is 9.06. The molecule has 9 heteroatoms. The molecule has 0 atom stereocenters. The van der Waals surface area contributed by atoms with Gasteiger partial charge in [-0.3, -0.25) is 14.9 Å². The molecule has 0 spiro atoms. The molecule has 2 aromatic rings. The maximum Gasteiger partial charge on any atom is 0.271 e. The Morgan fingerprint density at radius 3 is 2.61 bits per heavy atom. The number of carbonyl (C=O) groups is 1. The molecule has 0 aliphatic rings. The smallest absolute Gasteiger partial charge is 0.271 e. The number of hydrogen-bond donors (Lipinski definition) is 1. The van der Waals surface area contributed by atoms with Crippen LogP contribution in [0.4, 0.5) is 5.69 Å². The number of ether oxygens (including phenoxy) is 2. The number of hydrazone groups is 1. The highest BCUT2D eigenvalue weighted by atomic mass is 79.9. The fourth-order valence-electron chi connectivity index (χ4n) is 3.11. The van der Waals surface area contributed by atoms with Gasteiger partial charge in [0.05, 0.1) is 28.8 Å². The van der Waals surface area contributed by atoms with E-state index in [2.05, 4.69) is 33.4 Å². The number of nitrogens with one attached hydrogen (secondary N) is 1. The summed E-state index contributed by atoms with van der Waals surface area (Å²) in [4.78, 5) is 22.5. The number of unbranched alkanes of at least 4 members (excludes halogenated alkanes) is 5. The van der Waals surface area contributed by atoms with E-state index in [0.29, 0.717) is 30.3 Å². The lowest BCUT2D eigenvalue weighted by atomic mass is 10.1. The van der Waals surface area contributed by atoms with Crippen molar-refractivity contribution in [1.82, 2.24) is 5.43 Å². The van der Waals surface area contributed by atoms with E-state index >= 15 is 0 Å². The number of nitrogens with zero attached hydrogens (tertiary/aromatic N) is 2. The molecule has 0 saturated heterocycles. The quantitative estimate of drug-likeness (QED) is 0.137. The summed E-state index contributed by atoms with van der Waals surface area (Å²) >= 11 is 3.53. The number of halogens is 1. The van der Waals surface area contributed by atoms with Crippen LogP contribution in [0.3, 0.4) is 0 Å². The summed E-state index contributed by atoms with van der Waals surface area (Å²) in [7, 11) is 0. The molecule has 0 saturated carbocycles. The topological polar surface area (TPSA) is 103 Å². The van der Waals surface area contributed by atoms with Crippen LogP contribution in [0.2, 0.25) is 0 Å². The first-order valence-corrected chi connectivity index (χ1v) is 11.9. The number of non-ortho nitro benzene ring substituents is 1. The predicted octanol–water partition coefficient (Wildman–Crippen LogP) is 6.26. The van der Waals surface area contributed by atoms with Crippen molar-refractivity contribution in [2.75, 3.05) is 13.2 Å². The van der Waals surface area contributed by atoms with Gasteiger partial charge in [-0.05, 0) is 53.0 Å². The van der Waals surface area contributed by atoms with E-state index in [1.807, 2.05) is 13.0 Å². The Morgan fingerprint density at radius 2 is 1.88 bits per heavy atom. The molecule has 178 valence electrons. The van der Waals surface area contributed by atoms with Gasteiger partial charge < -0.3 is 9.47 Å². The molecule has 1 amide bonds. The van der Waals surface area contributed by atoms with Gasteiger partial charge in [0.1, 0.15) is 0 Å². The largest absolute Gasteiger partial charge is 0.490 e. The number of nitro groups is 1. The first-order chi connectivity index (χ1) is 16.0. The van der Waals surface area contributed by atoms with Crippen LogP contribution in [-0.4, -0.2) is 30.3 Å². The van der Waals surface area contributed by atoms with Crippen molar-refractivity contribution in [1.29, 1.82) is 0 Å². The molecule has 2 aromatic carbocycles. The molecular weight excluding hydrogens is 490 g/mol. The summed E-state index contributed by atoms with van der Waals surface area (Å²) < 4.78 is 12.4. The normalized spacial score (nSPS) is 10.9. The van der Waals surface area contributed by atoms with E-state index in [0.717, 1.165) is 17.3 Å². The summed E-state index contributed by atoms with van der Waals surface area (Å²) in [5.74, 6) is 0.686. The van der Waals surface area contributed by atoms with Gasteiger partial charge in [-0.15, -0.1) is 0 Å². The molecule has 1 N–H and O–H groups in total. The second-order valence-corrected chi connectivity index (χ2v) is 8.24. The van der Waals surface area contributed by atoms with E-state index in [9.17, 15) is 14.9 Å². The zero-order valence-corrected chi connectivity index (χ0v) is 20.6. The van der Waals surface area contributed by atoms with Gasteiger partial charge >= 0.3 is 0 Å². The number of hydrogen-bond acceptors (Lipinski definition) is 6. The van der Waals surface area contributed by atoms with Crippen molar-refractivity contribution >= 4 is 33.7 Å². The molecule has 0 radical (unpaired) electrons. The highest BCUT2D eigenvalue weighted by Gasteiger charge is 2.13. The van der Waals surface area contributed by atoms with Crippen molar-refractivity contribution < 1.29 is 19.2 Å². The van der Waals surface area contributed by atoms with Crippen LogP contribution in [0.15, 0.2) is 46.0 Å². The van der Waals surface area contributed by atoms with Crippen LogP contribution in [0.1, 0.15) is 68.3 Å². The van der Waals surface area contributed by atoms with Crippen molar-refractivity contribution in [3.8, 4) is 11.5 Å². The lowest BCUT2D eigenvalue weighted by Crippen LogP contribution is -2.17. The summed E-state index contributed by atoms with van der Waals surface area (Å²) in [5, 5.41) is 14.8. The van der Waals surface area contributed by atoms with Crippen molar-refractivity contribution in [2.24, 2.45) is 5.10 Å². The Morgan fingerprint density at radius 1 is 1.12 bits per heavy atom. The summed E-state index contributed by atoms with van der Waals surface area (Å²) in [6.07, 6.45) is 8.57. The number of amides is 1. The average molecular weight is 520 g/mol. The van der Waals surface area contributed by atoms with Gasteiger partial charge in [-0.2, -0.15) is 5.10 Å². The van der Waals surface area contributed by atoms with Gasteiger partial charge in [0.15, 0.2) is 11.5 Å². The van der Waals surface area contributed by atoms with E-state index in [-0.39, 0.29) is 11.3 Å². The van der Waals surface area contributed by atoms with E-state index in [1.54, 1.807) is 6.07 Å². The highest BCUT2D eigenvalue weighted by molar-refractivity contribution is 9.10. The molecule has 8 nitrogen and oxygen atoms in total. The molecule has 0 heterocycles. The lowest BCUT2D eigenvalue weighted by molar-refractivity contribution is -0.384.